The van der Waals surface area contributed by atoms with E-state index in [4.69, 9.17) is 14.2 Å². The molecule has 1 N–H and O–H groups in total. The smallest absolute Gasteiger partial charge is 0.248 e. The van der Waals surface area contributed by atoms with Gasteiger partial charge in [-0.1, -0.05) is 64.1 Å². The van der Waals surface area contributed by atoms with Gasteiger partial charge < -0.3 is 24.2 Å². The molecule has 4 rings (SSSR count). The predicted octanol–water partition coefficient (Wildman–Crippen LogP) is 6.21. The minimum atomic E-state index is -0.593. The van der Waals surface area contributed by atoms with Crippen LogP contribution in [0.4, 0.5) is 0 Å². The van der Waals surface area contributed by atoms with Crippen molar-refractivity contribution >= 4 is 5.91 Å². The van der Waals surface area contributed by atoms with Crippen LogP contribution in [0.3, 0.4) is 0 Å². The van der Waals surface area contributed by atoms with E-state index in [2.05, 4.69) is 33.8 Å². The van der Waals surface area contributed by atoms with E-state index in [0.29, 0.717) is 25.1 Å². The lowest BCUT2D eigenvalue weighted by Crippen LogP contribution is -2.38. The largest absolute Gasteiger partial charge is 0.493 e. The Hall–Kier alpha value is -2.57. The van der Waals surface area contributed by atoms with Crippen molar-refractivity contribution in [1.29, 1.82) is 0 Å². The first-order valence-corrected chi connectivity index (χ1v) is 14.4. The summed E-state index contributed by atoms with van der Waals surface area (Å²) in [5.74, 6) is 2.09. The summed E-state index contributed by atoms with van der Waals surface area (Å²) < 4.78 is 17.9. The minimum absolute atomic E-state index is 0.0196. The van der Waals surface area contributed by atoms with E-state index < -0.39 is 11.5 Å². The van der Waals surface area contributed by atoms with Gasteiger partial charge in [0, 0.05) is 24.4 Å². The summed E-state index contributed by atoms with van der Waals surface area (Å²) in [7, 11) is 1.67. The second-order valence-corrected chi connectivity index (χ2v) is 12.9. The van der Waals surface area contributed by atoms with Crippen molar-refractivity contribution in [2.24, 2.45) is 16.7 Å². The summed E-state index contributed by atoms with van der Waals surface area (Å²) in [4.78, 5) is 15.0. The van der Waals surface area contributed by atoms with E-state index in [1.807, 2.05) is 54.3 Å². The second-order valence-electron chi connectivity index (χ2n) is 12.9. The van der Waals surface area contributed by atoms with Crippen LogP contribution >= 0.6 is 0 Å². The quantitative estimate of drug-likeness (QED) is 0.412. The van der Waals surface area contributed by atoms with E-state index in [9.17, 15) is 9.90 Å². The van der Waals surface area contributed by atoms with Gasteiger partial charge in [0.2, 0.25) is 5.91 Å². The molecule has 214 valence electrons. The third-order valence-electron chi connectivity index (χ3n) is 9.16. The molecule has 2 unspecified atom stereocenters. The third kappa shape index (κ3) is 6.96. The molecule has 0 bridgehead atoms. The van der Waals surface area contributed by atoms with Crippen molar-refractivity contribution in [3.8, 4) is 11.5 Å². The van der Waals surface area contributed by atoms with Crippen molar-refractivity contribution in [3.05, 3.63) is 59.7 Å². The number of likely N-dealkylation sites (tertiary alicyclic amines) is 1. The van der Waals surface area contributed by atoms with Crippen LogP contribution in [0.25, 0.3) is 0 Å². The number of aliphatic hydroxyl groups excluding tert-OH is 1. The zero-order valence-electron chi connectivity index (χ0n) is 24.6. The van der Waals surface area contributed by atoms with Gasteiger partial charge in [0.05, 0.1) is 25.9 Å². The Morgan fingerprint density at radius 2 is 1.77 bits per heavy atom. The SMILES string of the molecule is COc1ccc(C2CN(C(=O)COCc3ccccc3)CC2(C)[C@H](C)O)cc1OC1CCC(C(C)(C)C)CC1. The molecule has 1 aliphatic heterocycles. The van der Waals surface area contributed by atoms with Crippen LogP contribution in [-0.4, -0.2) is 54.9 Å². The molecule has 1 amide bonds. The molecular formula is C33H47NO5. The van der Waals surface area contributed by atoms with E-state index in [1.165, 1.54) is 12.8 Å². The minimum Gasteiger partial charge on any atom is -0.493 e. The standard InChI is InChI=1S/C33H47NO5/c1-23(35)33(5)22-34(31(36)21-38-20-24-10-8-7-9-11-24)19-28(33)25-12-17-29(37-6)30(18-25)39-27-15-13-26(14-16-27)32(2,3)4/h7-12,17-18,23,26-28,35H,13-16,19-22H2,1-6H3/t23-,26?,27?,28?,33?/m0/s1. The highest BCUT2D eigenvalue weighted by Gasteiger charge is 2.48. The van der Waals surface area contributed by atoms with E-state index in [0.717, 1.165) is 41.4 Å². The molecule has 39 heavy (non-hydrogen) atoms. The number of methoxy groups -OCH3 is 1. The number of amides is 1. The van der Waals surface area contributed by atoms with E-state index in [-0.39, 0.29) is 24.5 Å². The zero-order chi connectivity index (χ0) is 28.2. The van der Waals surface area contributed by atoms with Gasteiger partial charge in [-0.3, -0.25) is 4.79 Å². The van der Waals surface area contributed by atoms with Crippen LogP contribution < -0.4 is 9.47 Å². The Kier molecular flexibility index (Phi) is 9.28. The maximum absolute atomic E-state index is 13.1. The van der Waals surface area contributed by atoms with Gasteiger partial charge in [0.15, 0.2) is 11.5 Å². The van der Waals surface area contributed by atoms with Crippen LogP contribution in [0.5, 0.6) is 11.5 Å². The van der Waals surface area contributed by atoms with Gasteiger partial charge in [-0.2, -0.15) is 0 Å². The summed E-state index contributed by atoms with van der Waals surface area (Å²) >= 11 is 0. The number of rotatable bonds is 9. The first-order chi connectivity index (χ1) is 18.5. The van der Waals surface area contributed by atoms with Crippen LogP contribution in [0, 0.1) is 16.7 Å². The number of ether oxygens (including phenoxy) is 3. The van der Waals surface area contributed by atoms with Crippen molar-refractivity contribution in [1.82, 2.24) is 4.90 Å². The van der Waals surface area contributed by atoms with Crippen molar-refractivity contribution < 1.29 is 24.1 Å². The number of hydrogen-bond donors (Lipinski definition) is 1. The number of aliphatic hydroxyl groups is 1. The number of benzene rings is 2. The second kappa shape index (κ2) is 12.3. The zero-order valence-corrected chi connectivity index (χ0v) is 24.6. The van der Waals surface area contributed by atoms with Gasteiger partial charge in [0.25, 0.3) is 0 Å². The Morgan fingerprint density at radius 3 is 2.38 bits per heavy atom. The molecule has 2 aromatic rings. The monoisotopic (exact) mass is 537 g/mol. The Labute approximate surface area is 234 Å². The molecule has 6 heteroatoms. The number of carbonyl (C=O) groups is 1. The lowest BCUT2D eigenvalue weighted by Gasteiger charge is -2.37. The molecule has 3 atom stereocenters. The first-order valence-electron chi connectivity index (χ1n) is 14.4. The fourth-order valence-corrected chi connectivity index (χ4v) is 6.26. The summed E-state index contributed by atoms with van der Waals surface area (Å²) in [6.45, 7) is 12.3. The Bertz CT molecular complexity index is 1090. The van der Waals surface area contributed by atoms with Crippen LogP contribution in [0.1, 0.15) is 77.3 Å². The number of carbonyl (C=O) groups excluding carboxylic acids is 1. The average Bonchev–Trinajstić information content (AvgIpc) is 3.28. The molecule has 1 saturated heterocycles. The van der Waals surface area contributed by atoms with E-state index >= 15 is 0 Å². The predicted molar refractivity (Wildman–Crippen MR) is 154 cm³/mol. The topological polar surface area (TPSA) is 68.2 Å². The summed E-state index contributed by atoms with van der Waals surface area (Å²) in [6.07, 6.45) is 3.99. The van der Waals surface area contributed by atoms with Crippen molar-refractivity contribution in [2.75, 3.05) is 26.8 Å². The summed E-state index contributed by atoms with van der Waals surface area (Å²) in [5, 5.41) is 10.9. The van der Waals surface area contributed by atoms with Gasteiger partial charge >= 0.3 is 0 Å². The van der Waals surface area contributed by atoms with E-state index in [1.54, 1.807) is 7.11 Å². The van der Waals surface area contributed by atoms with Crippen LogP contribution in [0.2, 0.25) is 0 Å². The van der Waals surface area contributed by atoms with Gasteiger partial charge in [-0.25, -0.2) is 0 Å². The Morgan fingerprint density at radius 1 is 1.08 bits per heavy atom. The molecule has 0 aromatic heterocycles. The Balaban J connectivity index is 1.46. The highest BCUT2D eigenvalue weighted by Crippen LogP contribution is 2.47. The summed E-state index contributed by atoms with van der Waals surface area (Å²) in [6, 6.07) is 15.9. The highest BCUT2D eigenvalue weighted by molar-refractivity contribution is 5.78. The molecule has 0 radical (unpaired) electrons. The normalized spacial score (nSPS) is 26.3. The highest BCUT2D eigenvalue weighted by atomic mass is 16.5. The maximum Gasteiger partial charge on any atom is 0.248 e. The molecule has 6 nitrogen and oxygen atoms in total. The fourth-order valence-electron chi connectivity index (χ4n) is 6.26. The van der Waals surface area contributed by atoms with Crippen molar-refractivity contribution in [3.63, 3.8) is 0 Å². The first kappa shape index (κ1) is 29.4. The molecule has 1 aliphatic carbocycles. The lowest BCUT2D eigenvalue weighted by molar-refractivity contribution is -0.136. The van der Waals surface area contributed by atoms with Gasteiger partial charge in [-0.15, -0.1) is 0 Å². The third-order valence-corrected chi connectivity index (χ3v) is 9.16. The van der Waals surface area contributed by atoms with Crippen LogP contribution in [-0.2, 0) is 16.1 Å². The lowest BCUT2D eigenvalue weighted by atomic mass is 9.72. The molecular weight excluding hydrogens is 490 g/mol. The molecule has 2 aromatic carbocycles. The number of nitrogens with zero attached hydrogens (tertiary/aromatic N) is 1. The van der Waals surface area contributed by atoms with Gasteiger partial charge in [-0.05, 0) is 67.2 Å². The maximum atomic E-state index is 13.1. The van der Waals surface area contributed by atoms with Gasteiger partial charge in [0.1, 0.15) is 6.61 Å². The molecule has 1 saturated carbocycles. The molecule has 1 heterocycles. The summed E-state index contributed by atoms with van der Waals surface area (Å²) in [5.41, 5.74) is 1.92. The molecule has 2 aliphatic rings. The average molecular weight is 538 g/mol. The fraction of sp³-hybridized carbons (Fsp3) is 0.606. The molecule has 2 fully saturated rings. The van der Waals surface area contributed by atoms with Crippen molar-refractivity contribution in [2.45, 2.75) is 85.0 Å². The number of hydrogen-bond acceptors (Lipinski definition) is 5. The molecule has 0 spiro atoms. The van der Waals surface area contributed by atoms with Crippen LogP contribution in [0.15, 0.2) is 48.5 Å².